The molecule has 1 aromatic carbocycles. The van der Waals surface area contributed by atoms with Crippen LogP contribution in [-0.2, 0) is 11.0 Å². The maximum absolute atomic E-state index is 13.2. The molecule has 3 nitrogen and oxygen atoms in total. The third-order valence-electron chi connectivity index (χ3n) is 2.18. The second-order valence-corrected chi connectivity index (χ2v) is 3.96. The minimum atomic E-state index is -4.73. The Balaban J connectivity index is 2.68. The van der Waals surface area contributed by atoms with E-state index in [1.165, 1.54) is 0 Å². The summed E-state index contributed by atoms with van der Waals surface area (Å²) in [6, 6.07) is 1.34. The molecule has 1 aromatic rings. The second-order valence-electron chi connectivity index (χ2n) is 3.96. The maximum Gasteiger partial charge on any atom is 0.416 e. The molecule has 0 bridgehead atoms. The van der Waals surface area contributed by atoms with Gasteiger partial charge in [-0.05, 0) is 18.2 Å². The Morgan fingerprint density at radius 3 is 2.24 bits per heavy atom. The summed E-state index contributed by atoms with van der Waals surface area (Å²) in [6.45, 7) is -2.28. The van der Waals surface area contributed by atoms with Crippen LogP contribution in [0.5, 0.6) is 0 Å². The van der Waals surface area contributed by atoms with E-state index in [-0.39, 0.29) is 0 Å². The van der Waals surface area contributed by atoms with Gasteiger partial charge in [-0.3, -0.25) is 4.79 Å². The molecule has 21 heavy (non-hydrogen) atoms. The number of nitrogens with one attached hydrogen (secondary N) is 2. The summed E-state index contributed by atoms with van der Waals surface area (Å²) in [5, 5.41) is 3.49. The van der Waals surface area contributed by atoms with Gasteiger partial charge >= 0.3 is 12.4 Å². The molecule has 1 amide bonds. The molecule has 0 radical (unpaired) electrons. The first-order valence-corrected chi connectivity index (χ1v) is 5.43. The van der Waals surface area contributed by atoms with Crippen molar-refractivity contribution < 1.29 is 35.5 Å². The van der Waals surface area contributed by atoms with Crippen LogP contribution in [0.1, 0.15) is 5.56 Å². The number of rotatable bonds is 4. The normalized spacial score (nSPS) is 12.3. The zero-order valence-corrected chi connectivity index (χ0v) is 10.2. The molecule has 0 saturated carbocycles. The topological polar surface area (TPSA) is 41.1 Å². The fourth-order valence-electron chi connectivity index (χ4n) is 1.31. The van der Waals surface area contributed by atoms with Crippen molar-refractivity contribution in [3.63, 3.8) is 0 Å². The van der Waals surface area contributed by atoms with Gasteiger partial charge in [0.15, 0.2) is 0 Å². The summed E-state index contributed by atoms with van der Waals surface area (Å²) >= 11 is 0. The number of carbonyl (C=O) groups excluding carboxylic acids is 1. The van der Waals surface area contributed by atoms with Gasteiger partial charge in [-0.1, -0.05) is 0 Å². The van der Waals surface area contributed by atoms with Crippen molar-refractivity contribution in [2.24, 2.45) is 0 Å². The van der Waals surface area contributed by atoms with E-state index in [1.807, 2.05) is 0 Å². The van der Waals surface area contributed by atoms with Crippen LogP contribution in [0.25, 0.3) is 0 Å². The Labute approximate surface area is 114 Å². The quantitative estimate of drug-likeness (QED) is 0.838. The van der Waals surface area contributed by atoms with Gasteiger partial charge in [0.25, 0.3) is 0 Å². The molecule has 0 saturated heterocycles. The molecule has 0 heterocycles. The Hall–Kier alpha value is -1.84. The van der Waals surface area contributed by atoms with Crippen molar-refractivity contribution >= 4 is 11.6 Å². The van der Waals surface area contributed by atoms with Gasteiger partial charge < -0.3 is 10.6 Å². The van der Waals surface area contributed by atoms with Crippen LogP contribution in [0.4, 0.5) is 36.4 Å². The Bertz CT molecular complexity index is 510. The average Bonchev–Trinajstić information content (AvgIpc) is 2.28. The minimum absolute atomic E-state index is 0.358. The van der Waals surface area contributed by atoms with Crippen molar-refractivity contribution in [3.8, 4) is 0 Å². The molecule has 1 rings (SSSR count). The van der Waals surface area contributed by atoms with Gasteiger partial charge in [0.05, 0.1) is 24.3 Å². The van der Waals surface area contributed by atoms with Crippen LogP contribution in [0, 0.1) is 5.82 Å². The van der Waals surface area contributed by atoms with Crippen LogP contribution < -0.4 is 10.6 Å². The molecule has 10 heteroatoms. The predicted molar refractivity (Wildman–Crippen MR) is 59.0 cm³/mol. The smallest absolute Gasteiger partial charge is 0.322 e. The first-order valence-electron chi connectivity index (χ1n) is 5.43. The van der Waals surface area contributed by atoms with Crippen molar-refractivity contribution in [2.75, 3.05) is 18.4 Å². The van der Waals surface area contributed by atoms with E-state index in [4.69, 9.17) is 0 Å². The van der Waals surface area contributed by atoms with Gasteiger partial charge in [-0.2, -0.15) is 26.3 Å². The third-order valence-corrected chi connectivity index (χ3v) is 2.18. The number of carbonyl (C=O) groups is 1. The molecule has 0 aromatic heterocycles. The van der Waals surface area contributed by atoms with Crippen LogP contribution >= 0.6 is 0 Å². The summed E-state index contributed by atoms with van der Waals surface area (Å²) in [4.78, 5) is 11.2. The Kier molecular flexibility index (Phi) is 5.15. The molecule has 0 aliphatic carbocycles. The minimum Gasteiger partial charge on any atom is -0.322 e. The zero-order valence-electron chi connectivity index (χ0n) is 10.2. The van der Waals surface area contributed by atoms with Gasteiger partial charge in [0, 0.05) is 0 Å². The Morgan fingerprint density at radius 2 is 1.71 bits per heavy atom. The highest BCUT2D eigenvalue weighted by Crippen LogP contribution is 2.31. The lowest BCUT2D eigenvalue weighted by atomic mass is 10.2. The molecule has 2 N–H and O–H groups in total. The highest BCUT2D eigenvalue weighted by atomic mass is 19.4. The largest absolute Gasteiger partial charge is 0.416 e. The average molecular weight is 318 g/mol. The molecule has 0 spiro atoms. The molecule has 0 atom stereocenters. The highest BCUT2D eigenvalue weighted by Gasteiger charge is 2.31. The van der Waals surface area contributed by atoms with E-state index in [9.17, 15) is 35.5 Å². The van der Waals surface area contributed by atoms with Crippen LogP contribution in [0.3, 0.4) is 0 Å². The summed E-state index contributed by atoms with van der Waals surface area (Å²) in [5.41, 5.74) is -1.95. The monoisotopic (exact) mass is 318 g/mol. The fraction of sp³-hybridized carbons (Fsp3) is 0.364. The number of halogens is 7. The molecule has 0 aliphatic heterocycles. The number of benzene rings is 1. The summed E-state index contributed by atoms with van der Waals surface area (Å²) in [6.07, 6.45) is -9.27. The van der Waals surface area contributed by atoms with E-state index in [0.717, 1.165) is 0 Å². The number of alkyl halides is 6. The van der Waals surface area contributed by atoms with Gasteiger partial charge in [0.1, 0.15) is 5.82 Å². The molecule has 0 aliphatic rings. The van der Waals surface area contributed by atoms with E-state index >= 15 is 0 Å². The van der Waals surface area contributed by atoms with E-state index < -0.39 is 48.4 Å². The predicted octanol–water partition coefficient (Wildman–Crippen LogP) is 2.93. The van der Waals surface area contributed by atoms with Crippen molar-refractivity contribution in [1.82, 2.24) is 5.32 Å². The number of anilines is 1. The summed E-state index contributed by atoms with van der Waals surface area (Å²) in [7, 11) is 0. The number of amides is 1. The van der Waals surface area contributed by atoms with Crippen LogP contribution in [0.15, 0.2) is 18.2 Å². The fourth-order valence-corrected chi connectivity index (χ4v) is 1.31. The molecule has 118 valence electrons. The van der Waals surface area contributed by atoms with E-state index in [0.29, 0.717) is 18.2 Å². The SMILES string of the molecule is O=C(CNCC(F)(F)F)Nc1cc(C(F)(F)F)ccc1F. The molecular formula is C11H9F7N2O. The first-order chi connectivity index (χ1) is 9.49. The number of hydrogen-bond donors (Lipinski definition) is 2. The van der Waals surface area contributed by atoms with Gasteiger partial charge in [-0.25, -0.2) is 4.39 Å². The lowest BCUT2D eigenvalue weighted by Gasteiger charge is -2.12. The third kappa shape index (κ3) is 5.98. The van der Waals surface area contributed by atoms with Crippen molar-refractivity contribution in [2.45, 2.75) is 12.4 Å². The van der Waals surface area contributed by atoms with Crippen molar-refractivity contribution in [3.05, 3.63) is 29.6 Å². The molecule has 0 fully saturated rings. The molecular weight excluding hydrogens is 309 g/mol. The standard InChI is InChI=1S/C11H9F7N2O/c12-7-2-1-6(11(16,17)18)3-8(7)20-9(21)4-19-5-10(13,14)15/h1-3,19H,4-5H2,(H,20,21). The Morgan fingerprint density at radius 1 is 1.10 bits per heavy atom. The first kappa shape index (κ1) is 17.2. The zero-order chi connectivity index (χ0) is 16.3. The number of hydrogen-bond acceptors (Lipinski definition) is 2. The molecule has 0 unspecified atom stereocenters. The van der Waals surface area contributed by atoms with E-state index in [1.54, 1.807) is 10.6 Å². The van der Waals surface area contributed by atoms with Crippen molar-refractivity contribution in [1.29, 1.82) is 0 Å². The summed E-state index contributed by atoms with van der Waals surface area (Å²) < 4.78 is 85.8. The van der Waals surface area contributed by atoms with Gasteiger partial charge in [-0.15, -0.1) is 0 Å². The van der Waals surface area contributed by atoms with E-state index in [2.05, 4.69) is 0 Å². The van der Waals surface area contributed by atoms with Crippen LogP contribution in [-0.4, -0.2) is 25.2 Å². The lowest BCUT2D eigenvalue weighted by molar-refractivity contribution is -0.137. The van der Waals surface area contributed by atoms with Crippen LogP contribution in [0.2, 0.25) is 0 Å². The van der Waals surface area contributed by atoms with Gasteiger partial charge in [0.2, 0.25) is 5.91 Å². The lowest BCUT2D eigenvalue weighted by Crippen LogP contribution is -2.35. The summed E-state index contributed by atoms with van der Waals surface area (Å²) in [5.74, 6) is -2.23. The maximum atomic E-state index is 13.2. The second kappa shape index (κ2) is 6.29. The highest BCUT2D eigenvalue weighted by molar-refractivity contribution is 5.92.